The molecular weight excluding hydrogens is 430 g/mol. The van der Waals surface area contributed by atoms with Gasteiger partial charge in [-0.05, 0) is 73.9 Å². The van der Waals surface area contributed by atoms with Gasteiger partial charge in [-0.1, -0.05) is 36.8 Å². The van der Waals surface area contributed by atoms with Gasteiger partial charge in [0.25, 0.3) is 11.7 Å². The van der Waals surface area contributed by atoms with Gasteiger partial charge in [-0.2, -0.15) is 0 Å². The second-order valence-electron chi connectivity index (χ2n) is 8.42. The zero-order chi connectivity index (χ0) is 24.4. The highest BCUT2D eigenvalue weighted by Crippen LogP contribution is 2.42. The van der Waals surface area contributed by atoms with Crippen LogP contribution in [0.1, 0.15) is 41.6 Å². The van der Waals surface area contributed by atoms with Crippen LogP contribution in [0.5, 0.6) is 11.5 Å². The molecule has 0 spiro atoms. The van der Waals surface area contributed by atoms with E-state index in [9.17, 15) is 19.8 Å². The van der Waals surface area contributed by atoms with E-state index in [0.29, 0.717) is 29.2 Å². The molecule has 174 valence electrons. The van der Waals surface area contributed by atoms with Gasteiger partial charge >= 0.3 is 0 Å². The number of Topliss-reactive ketones (excluding diaryl/α,β-unsaturated/α-hetero) is 1. The second kappa shape index (κ2) is 9.43. The molecule has 1 aliphatic rings. The molecule has 1 amide bonds. The number of hydrogen-bond donors (Lipinski definition) is 2. The lowest BCUT2D eigenvalue weighted by atomic mass is 9.94. The molecule has 0 aromatic heterocycles. The zero-order valence-electron chi connectivity index (χ0n) is 19.4. The van der Waals surface area contributed by atoms with E-state index in [4.69, 9.17) is 4.74 Å². The summed E-state index contributed by atoms with van der Waals surface area (Å²) in [4.78, 5) is 27.8. The number of nitrogens with zero attached hydrogens (tertiary/aromatic N) is 1. The molecule has 0 aliphatic carbocycles. The van der Waals surface area contributed by atoms with Crippen molar-refractivity contribution in [3.05, 3.63) is 94.6 Å². The number of phenolic OH excluding ortho intramolecular Hbond substituents is 1. The third-order valence-electron chi connectivity index (χ3n) is 5.88. The molecule has 3 aromatic rings. The van der Waals surface area contributed by atoms with Gasteiger partial charge < -0.3 is 14.9 Å². The van der Waals surface area contributed by atoms with E-state index in [-0.39, 0.29) is 17.1 Å². The van der Waals surface area contributed by atoms with Crippen molar-refractivity contribution in [3.63, 3.8) is 0 Å². The highest BCUT2D eigenvalue weighted by molar-refractivity contribution is 6.51. The predicted octanol–water partition coefficient (Wildman–Crippen LogP) is 5.42. The van der Waals surface area contributed by atoms with Crippen LogP contribution < -0.4 is 9.64 Å². The standard InChI is InChI=1S/C28H27NO5/c1-4-15-34-23-14-9-20(16-18(23)3)26(31)24-25(19-7-12-22(30)13-8-19)29(28(33)27(24)32)21-10-5-17(2)6-11-21/h5-14,16,25,30-31H,4,15H2,1-3H3/b26-24-. The number of amides is 1. The first-order chi connectivity index (χ1) is 16.3. The van der Waals surface area contributed by atoms with Gasteiger partial charge in [0, 0.05) is 11.3 Å². The first-order valence-electron chi connectivity index (χ1n) is 11.2. The highest BCUT2D eigenvalue weighted by Gasteiger charge is 2.47. The van der Waals surface area contributed by atoms with Gasteiger partial charge in [0.05, 0.1) is 18.2 Å². The largest absolute Gasteiger partial charge is 0.508 e. The molecule has 1 aliphatic heterocycles. The van der Waals surface area contributed by atoms with E-state index in [1.54, 1.807) is 42.5 Å². The Morgan fingerprint density at radius 3 is 2.26 bits per heavy atom. The molecule has 1 heterocycles. The monoisotopic (exact) mass is 457 g/mol. The number of rotatable bonds is 6. The zero-order valence-corrected chi connectivity index (χ0v) is 19.4. The number of aliphatic hydroxyl groups excluding tert-OH is 1. The summed E-state index contributed by atoms with van der Waals surface area (Å²) in [5, 5.41) is 21.1. The Balaban J connectivity index is 1.87. The highest BCUT2D eigenvalue weighted by atomic mass is 16.5. The summed E-state index contributed by atoms with van der Waals surface area (Å²) in [5.74, 6) is -0.970. The summed E-state index contributed by atoms with van der Waals surface area (Å²) in [6.45, 7) is 6.40. The van der Waals surface area contributed by atoms with Crippen LogP contribution in [0.15, 0.2) is 72.3 Å². The number of aromatic hydroxyl groups is 1. The molecule has 34 heavy (non-hydrogen) atoms. The van der Waals surface area contributed by atoms with Crippen molar-refractivity contribution in [2.75, 3.05) is 11.5 Å². The quantitative estimate of drug-likeness (QED) is 0.293. The first kappa shape index (κ1) is 23.1. The number of phenols is 1. The second-order valence-corrected chi connectivity index (χ2v) is 8.42. The minimum atomic E-state index is -0.848. The van der Waals surface area contributed by atoms with Crippen molar-refractivity contribution in [2.24, 2.45) is 0 Å². The topological polar surface area (TPSA) is 87.1 Å². The summed E-state index contributed by atoms with van der Waals surface area (Å²) in [7, 11) is 0. The van der Waals surface area contributed by atoms with Gasteiger partial charge in [0.2, 0.25) is 0 Å². The lowest BCUT2D eigenvalue weighted by molar-refractivity contribution is -0.132. The molecule has 6 nitrogen and oxygen atoms in total. The van der Waals surface area contributed by atoms with Crippen molar-refractivity contribution in [3.8, 4) is 11.5 Å². The van der Waals surface area contributed by atoms with Crippen LogP contribution in [-0.4, -0.2) is 28.5 Å². The number of aryl methyl sites for hydroxylation is 2. The number of ketones is 1. The average molecular weight is 458 g/mol. The minimum absolute atomic E-state index is 0.00195. The molecule has 2 N–H and O–H groups in total. The Morgan fingerprint density at radius 2 is 1.65 bits per heavy atom. The van der Waals surface area contributed by atoms with E-state index in [1.807, 2.05) is 32.9 Å². The van der Waals surface area contributed by atoms with Crippen molar-refractivity contribution in [2.45, 2.75) is 33.2 Å². The molecule has 4 rings (SSSR count). The fourth-order valence-corrected chi connectivity index (χ4v) is 4.10. The van der Waals surface area contributed by atoms with Crippen LogP contribution in [0, 0.1) is 13.8 Å². The Bertz CT molecular complexity index is 1260. The van der Waals surface area contributed by atoms with Gasteiger partial charge in [-0.25, -0.2) is 0 Å². The molecule has 0 saturated carbocycles. The third kappa shape index (κ3) is 4.27. The number of carbonyl (C=O) groups excluding carboxylic acids is 2. The Morgan fingerprint density at radius 1 is 0.971 bits per heavy atom. The van der Waals surface area contributed by atoms with Gasteiger partial charge in [-0.15, -0.1) is 0 Å². The molecular formula is C28H27NO5. The maximum Gasteiger partial charge on any atom is 0.300 e. The van der Waals surface area contributed by atoms with Crippen molar-refractivity contribution < 1.29 is 24.5 Å². The fraction of sp³-hybridized carbons (Fsp3) is 0.214. The molecule has 1 atom stereocenters. The maximum absolute atomic E-state index is 13.2. The molecule has 3 aromatic carbocycles. The maximum atomic E-state index is 13.2. The summed E-state index contributed by atoms with van der Waals surface area (Å²) < 4.78 is 5.72. The smallest absolute Gasteiger partial charge is 0.300 e. The van der Waals surface area contributed by atoms with E-state index in [1.165, 1.54) is 17.0 Å². The van der Waals surface area contributed by atoms with E-state index in [2.05, 4.69) is 0 Å². The Labute approximate surface area is 198 Å². The Hall–Kier alpha value is -4.06. The van der Waals surface area contributed by atoms with Crippen molar-refractivity contribution in [1.29, 1.82) is 0 Å². The van der Waals surface area contributed by atoms with Crippen molar-refractivity contribution >= 4 is 23.1 Å². The molecule has 1 saturated heterocycles. The number of hydrogen-bond acceptors (Lipinski definition) is 5. The molecule has 0 radical (unpaired) electrons. The summed E-state index contributed by atoms with van der Waals surface area (Å²) >= 11 is 0. The van der Waals surface area contributed by atoms with E-state index >= 15 is 0 Å². The van der Waals surface area contributed by atoms with E-state index < -0.39 is 17.7 Å². The number of carbonyl (C=O) groups is 2. The van der Waals surface area contributed by atoms with Gasteiger partial charge in [0.15, 0.2) is 0 Å². The fourth-order valence-electron chi connectivity index (χ4n) is 4.10. The normalized spacial score (nSPS) is 17.3. The van der Waals surface area contributed by atoms with Crippen LogP contribution in [-0.2, 0) is 9.59 Å². The number of anilines is 1. The van der Waals surface area contributed by atoms with Gasteiger partial charge in [-0.3, -0.25) is 14.5 Å². The summed E-state index contributed by atoms with van der Waals surface area (Å²) in [6, 6.07) is 17.9. The van der Waals surface area contributed by atoms with Crippen LogP contribution in [0.4, 0.5) is 5.69 Å². The molecule has 0 bridgehead atoms. The first-order valence-corrected chi connectivity index (χ1v) is 11.2. The van der Waals surface area contributed by atoms with Crippen molar-refractivity contribution in [1.82, 2.24) is 0 Å². The van der Waals surface area contributed by atoms with E-state index in [0.717, 1.165) is 17.5 Å². The predicted molar refractivity (Wildman–Crippen MR) is 131 cm³/mol. The summed E-state index contributed by atoms with van der Waals surface area (Å²) in [5.41, 5.74) is 3.39. The van der Waals surface area contributed by atoms with Crippen LogP contribution in [0.2, 0.25) is 0 Å². The lowest BCUT2D eigenvalue weighted by Crippen LogP contribution is -2.29. The van der Waals surface area contributed by atoms with Crippen LogP contribution in [0.25, 0.3) is 5.76 Å². The van der Waals surface area contributed by atoms with Crippen LogP contribution >= 0.6 is 0 Å². The molecule has 6 heteroatoms. The molecule has 1 fully saturated rings. The lowest BCUT2D eigenvalue weighted by Gasteiger charge is -2.25. The van der Waals surface area contributed by atoms with Gasteiger partial charge in [0.1, 0.15) is 17.3 Å². The number of benzene rings is 3. The molecule has 1 unspecified atom stereocenters. The summed E-state index contributed by atoms with van der Waals surface area (Å²) in [6.07, 6.45) is 0.871. The van der Waals surface area contributed by atoms with Crippen LogP contribution in [0.3, 0.4) is 0 Å². The Kier molecular flexibility index (Phi) is 6.41. The number of ether oxygens (including phenoxy) is 1. The minimum Gasteiger partial charge on any atom is -0.508 e. The SMILES string of the molecule is CCCOc1ccc(/C(O)=C2/C(=O)C(=O)N(c3ccc(C)cc3)C2c2ccc(O)cc2)cc1C. The number of aliphatic hydroxyl groups is 1. The average Bonchev–Trinajstić information content (AvgIpc) is 3.09. The third-order valence-corrected chi connectivity index (χ3v) is 5.88.